The molecule has 3 aliphatic heterocycles. The third-order valence-electron chi connectivity index (χ3n) is 3.94. The molecule has 0 amide bonds. The highest BCUT2D eigenvalue weighted by atomic mass is 15.2. The minimum Gasteiger partial charge on any atom is -0.370 e. The molecule has 0 radical (unpaired) electrons. The van der Waals surface area contributed by atoms with Gasteiger partial charge in [-0.3, -0.25) is 0 Å². The van der Waals surface area contributed by atoms with Gasteiger partial charge in [0.2, 0.25) is 0 Å². The molecule has 1 unspecified atom stereocenters. The molecule has 2 N–H and O–H groups in total. The lowest BCUT2D eigenvalue weighted by Gasteiger charge is -2.31. The molecule has 0 saturated carbocycles. The lowest BCUT2D eigenvalue weighted by molar-refractivity contribution is 0.419. The molecule has 96 valence electrons. The topological polar surface area (TPSA) is 32.5 Å². The molecule has 1 atom stereocenters. The SMILES string of the molecule is CCC1=C2C=C(N3CCC(N)C3)C=CN2CC=C1. The average molecular weight is 243 g/mol. The third kappa shape index (κ3) is 1.99. The van der Waals surface area contributed by atoms with Crippen molar-refractivity contribution in [2.24, 2.45) is 5.73 Å². The minimum atomic E-state index is 0.336. The minimum absolute atomic E-state index is 0.336. The van der Waals surface area contributed by atoms with Crippen LogP contribution in [0.4, 0.5) is 0 Å². The van der Waals surface area contributed by atoms with Crippen LogP contribution in [0.2, 0.25) is 0 Å². The predicted molar refractivity (Wildman–Crippen MR) is 74.6 cm³/mol. The lowest BCUT2D eigenvalue weighted by atomic mass is 10.0. The summed E-state index contributed by atoms with van der Waals surface area (Å²) in [6.07, 6.45) is 13.4. The molecule has 3 nitrogen and oxygen atoms in total. The van der Waals surface area contributed by atoms with Crippen molar-refractivity contribution in [2.75, 3.05) is 19.6 Å². The molecule has 3 heterocycles. The monoisotopic (exact) mass is 243 g/mol. The molecule has 0 spiro atoms. The number of nitrogens with two attached hydrogens (primary N) is 1. The second kappa shape index (κ2) is 4.65. The van der Waals surface area contributed by atoms with Gasteiger partial charge < -0.3 is 15.5 Å². The molecule has 0 aliphatic carbocycles. The average Bonchev–Trinajstić information content (AvgIpc) is 2.84. The molecule has 1 saturated heterocycles. The normalized spacial score (nSPS) is 26.8. The van der Waals surface area contributed by atoms with Crippen molar-refractivity contribution in [3.8, 4) is 0 Å². The Hall–Kier alpha value is -1.48. The molecule has 1 fully saturated rings. The molecule has 3 rings (SSSR count). The summed E-state index contributed by atoms with van der Waals surface area (Å²) in [6, 6.07) is 0.336. The molecule has 0 aromatic heterocycles. The van der Waals surface area contributed by atoms with Crippen molar-refractivity contribution >= 4 is 0 Å². The zero-order chi connectivity index (χ0) is 12.5. The maximum atomic E-state index is 5.99. The number of hydrogen-bond donors (Lipinski definition) is 1. The van der Waals surface area contributed by atoms with Crippen LogP contribution in [-0.2, 0) is 0 Å². The van der Waals surface area contributed by atoms with Crippen LogP contribution in [0.5, 0.6) is 0 Å². The van der Waals surface area contributed by atoms with E-state index in [2.05, 4.69) is 47.2 Å². The van der Waals surface area contributed by atoms with Crippen LogP contribution < -0.4 is 5.73 Å². The lowest BCUT2D eigenvalue weighted by Crippen LogP contribution is -2.29. The molecular formula is C15H21N3. The maximum Gasteiger partial charge on any atom is 0.0462 e. The van der Waals surface area contributed by atoms with Gasteiger partial charge in [-0.05, 0) is 30.6 Å². The van der Waals surface area contributed by atoms with E-state index in [1.807, 2.05) is 0 Å². The molecule has 18 heavy (non-hydrogen) atoms. The zero-order valence-corrected chi connectivity index (χ0v) is 11.0. The van der Waals surface area contributed by atoms with Crippen LogP contribution in [0.1, 0.15) is 19.8 Å². The van der Waals surface area contributed by atoms with Crippen molar-refractivity contribution < 1.29 is 0 Å². The van der Waals surface area contributed by atoms with E-state index in [9.17, 15) is 0 Å². The quantitative estimate of drug-likeness (QED) is 0.805. The summed E-state index contributed by atoms with van der Waals surface area (Å²) in [5, 5.41) is 0. The summed E-state index contributed by atoms with van der Waals surface area (Å²) < 4.78 is 0. The molecule has 0 aromatic carbocycles. The molecule has 3 heteroatoms. The fourth-order valence-electron chi connectivity index (χ4n) is 2.87. The van der Waals surface area contributed by atoms with E-state index in [1.54, 1.807) is 0 Å². The Labute approximate surface area is 109 Å². The van der Waals surface area contributed by atoms with E-state index in [4.69, 9.17) is 5.73 Å². The summed E-state index contributed by atoms with van der Waals surface area (Å²) >= 11 is 0. The fourth-order valence-corrected chi connectivity index (χ4v) is 2.87. The number of hydrogen-bond acceptors (Lipinski definition) is 3. The summed E-state index contributed by atoms with van der Waals surface area (Å²) in [7, 11) is 0. The van der Waals surface area contributed by atoms with Crippen molar-refractivity contribution in [2.45, 2.75) is 25.8 Å². The Balaban J connectivity index is 1.89. The molecular weight excluding hydrogens is 222 g/mol. The molecule has 0 aromatic rings. The summed E-state index contributed by atoms with van der Waals surface area (Å²) in [5.41, 5.74) is 10.1. The number of rotatable bonds is 2. The van der Waals surface area contributed by atoms with E-state index in [0.717, 1.165) is 32.5 Å². The first-order chi connectivity index (χ1) is 8.78. The summed E-state index contributed by atoms with van der Waals surface area (Å²) in [4.78, 5) is 4.72. The second-order valence-electron chi connectivity index (χ2n) is 5.20. The first-order valence-electron chi connectivity index (χ1n) is 6.84. The van der Waals surface area contributed by atoms with Gasteiger partial charge in [-0.15, -0.1) is 0 Å². The Morgan fingerprint density at radius 3 is 3.00 bits per heavy atom. The smallest absolute Gasteiger partial charge is 0.0462 e. The Bertz CT molecular complexity index is 456. The van der Waals surface area contributed by atoms with Gasteiger partial charge in [0.05, 0.1) is 0 Å². The highest BCUT2D eigenvalue weighted by Crippen LogP contribution is 2.28. The van der Waals surface area contributed by atoms with Gasteiger partial charge in [-0.25, -0.2) is 0 Å². The largest absolute Gasteiger partial charge is 0.370 e. The van der Waals surface area contributed by atoms with Crippen molar-refractivity contribution in [3.63, 3.8) is 0 Å². The zero-order valence-electron chi connectivity index (χ0n) is 11.0. The maximum absolute atomic E-state index is 5.99. The number of fused-ring (bicyclic) bond motifs is 1. The van der Waals surface area contributed by atoms with Gasteiger partial charge in [0.15, 0.2) is 0 Å². The van der Waals surface area contributed by atoms with Crippen LogP contribution in [-0.4, -0.2) is 35.5 Å². The summed E-state index contributed by atoms with van der Waals surface area (Å²) in [5.74, 6) is 0. The van der Waals surface area contributed by atoms with Crippen LogP contribution in [0.3, 0.4) is 0 Å². The van der Waals surface area contributed by atoms with E-state index >= 15 is 0 Å². The van der Waals surface area contributed by atoms with E-state index in [-0.39, 0.29) is 0 Å². The van der Waals surface area contributed by atoms with Crippen LogP contribution >= 0.6 is 0 Å². The van der Waals surface area contributed by atoms with Gasteiger partial charge in [0.25, 0.3) is 0 Å². The highest BCUT2D eigenvalue weighted by Gasteiger charge is 2.23. The Morgan fingerprint density at radius 1 is 1.39 bits per heavy atom. The standard InChI is InChI=1S/C15H21N3/c1-2-12-4-3-7-17-9-6-14(10-15(12)17)18-8-5-13(16)11-18/h3-4,6,9-10,13H,2,5,7-8,11,16H2,1H3. The number of nitrogens with zero attached hydrogens (tertiary/aromatic N) is 2. The van der Waals surface area contributed by atoms with Gasteiger partial charge in [0, 0.05) is 43.3 Å². The molecule has 0 bridgehead atoms. The second-order valence-corrected chi connectivity index (χ2v) is 5.20. The Kier molecular flexibility index (Phi) is 3.00. The van der Waals surface area contributed by atoms with Gasteiger partial charge in [-0.2, -0.15) is 0 Å². The van der Waals surface area contributed by atoms with Crippen LogP contribution in [0, 0.1) is 0 Å². The first kappa shape index (κ1) is 11.6. The Morgan fingerprint density at radius 2 is 2.28 bits per heavy atom. The van der Waals surface area contributed by atoms with E-state index in [1.165, 1.54) is 17.0 Å². The number of allylic oxidation sites excluding steroid dienone is 4. The fraction of sp³-hybridized carbons (Fsp3) is 0.467. The third-order valence-corrected chi connectivity index (χ3v) is 3.94. The molecule has 3 aliphatic rings. The van der Waals surface area contributed by atoms with Crippen LogP contribution in [0.25, 0.3) is 0 Å². The van der Waals surface area contributed by atoms with Crippen molar-refractivity contribution in [3.05, 3.63) is 47.5 Å². The summed E-state index contributed by atoms with van der Waals surface area (Å²) in [6.45, 7) is 5.27. The van der Waals surface area contributed by atoms with Crippen molar-refractivity contribution in [1.82, 2.24) is 9.80 Å². The highest BCUT2D eigenvalue weighted by molar-refractivity contribution is 5.43. The van der Waals surface area contributed by atoms with E-state index < -0.39 is 0 Å². The van der Waals surface area contributed by atoms with Gasteiger partial charge in [0.1, 0.15) is 0 Å². The van der Waals surface area contributed by atoms with Gasteiger partial charge in [-0.1, -0.05) is 19.1 Å². The van der Waals surface area contributed by atoms with Crippen molar-refractivity contribution in [1.29, 1.82) is 0 Å². The van der Waals surface area contributed by atoms with Crippen LogP contribution in [0.15, 0.2) is 47.5 Å². The first-order valence-corrected chi connectivity index (χ1v) is 6.84. The number of likely N-dealkylation sites (tertiary alicyclic amines) is 1. The predicted octanol–water partition coefficient (Wildman–Crippen LogP) is 1.97. The van der Waals surface area contributed by atoms with E-state index in [0.29, 0.717) is 6.04 Å². The van der Waals surface area contributed by atoms with Gasteiger partial charge >= 0.3 is 0 Å².